The van der Waals surface area contributed by atoms with Crippen LogP contribution >= 0.6 is 0 Å². The molecule has 0 spiro atoms. The number of nitrogens with two attached hydrogens (primary N) is 1. The van der Waals surface area contributed by atoms with E-state index in [4.69, 9.17) is 5.73 Å². The Balaban J connectivity index is 2.13. The summed E-state index contributed by atoms with van der Waals surface area (Å²) in [6.45, 7) is 4.34. The van der Waals surface area contributed by atoms with Gasteiger partial charge in [-0.05, 0) is 31.2 Å². The minimum absolute atomic E-state index is 0.00368. The van der Waals surface area contributed by atoms with Crippen LogP contribution in [0.4, 0.5) is 0 Å². The van der Waals surface area contributed by atoms with Crippen LogP contribution in [0.1, 0.15) is 37.3 Å². The van der Waals surface area contributed by atoms with Crippen LogP contribution in [0, 0.1) is 12.8 Å². The largest absolute Gasteiger partial charge is 0.321 e. The van der Waals surface area contributed by atoms with Crippen molar-refractivity contribution in [3.05, 3.63) is 35.4 Å². The van der Waals surface area contributed by atoms with E-state index in [1.807, 2.05) is 0 Å². The van der Waals surface area contributed by atoms with E-state index in [0.29, 0.717) is 0 Å². The van der Waals surface area contributed by atoms with Crippen molar-refractivity contribution in [3.63, 3.8) is 0 Å². The highest BCUT2D eigenvalue weighted by molar-refractivity contribution is 5.33. The molecular formula is C13H19N. The summed E-state index contributed by atoms with van der Waals surface area (Å²) < 4.78 is 0. The smallest absolute Gasteiger partial charge is 0.0442 e. The molecule has 0 amide bonds. The molecule has 2 unspecified atom stereocenters. The first kappa shape index (κ1) is 9.72. The van der Waals surface area contributed by atoms with E-state index in [1.54, 1.807) is 0 Å². The molecule has 0 aliphatic heterocycles. The second-order valence-corrected chi connectivity index (χ2v) is 4.60. The van der Waals surface area contributed by atoms with Gasteiger partial charge in [0, 0.05) is 5.54 Å². The maximum absolute atomic E-state index is 6.35. The number of hydrogen-bond acceptors (Lipinski definition) is 1. The maximum Gasteiger partial charge on any atom is 0.0442 e. The Hall–Kier alpha value is -0.820. The Morgan fingerprint density at radius 3 is 2.57 bits per heavy atom. The molecule has 0 heterocycles. The minimum Gasteiger partial charge on any atom is -0.321 e. The van der Waals surface area contributed by atoms with Crippen LogP contribution in [0.2, 0.25) is 0 Å². The van der Waals surface area contributed by atoms with Crippen LogP contribution in [0.5, 0.6) is 0 Å². The van der Waals surface area contributed by atoms with Gasteiger partial charge in [-0.15, -0.1) is 0 Å². The highest BCUT2D eigenvalue weighted by Gasteiger charge is 2.50. The summed E-state index contributed by atoms with van der Waals surface area (Å²) in [4.78, 5) is 0. The van der Waals surface area contributed by atoms with Crippen LogP contribution in [-0.4, -0.2) is 0 Å². The van der Waals surface area contributed by atoms with E-state index in [-0.39, 0.29) is 5.54 Å². The lowest BCUT2D eigenvalue weighted by atomic mass is 10.0. The molecule has 1 aromatic rings. The van der Waals surface area contributed by atoms with Crippen LogP contribution in [-0.2, 0) is 5.54 Å². The van der Waals surface area contributed by atoms with Crippen LogP contribution in [0.15, 0.2) is 24.3 Å². The number of benzene rings is 1. The van der Waals surface area contributed by atoms with E-state index in [1.165, 1.54) is 30.4 Å². The average Bonchev–Trinajstić information content (AvgIpc) is 2.80. The van der Waals surface area contributed by atoms with Gasteiger partial charge < -0.3 is 5.73 Å². The lowest BCUT2D eigenvalue weighted by Gasteiger charge is -2.11. The Morgan fingerprint density at radius 1 is 1.36 bits per heavy atom. The first-order chi connectivity index (χ1) is 6.66. The molecule has 2 N–H and O–H groups in total. The van der Waals surface area contributed by atoms with Gasteiger partial charge in [0.15, 0.2) is 0 Å². The fraction of sp³-hybridized carbons (Fsp3) is 0.538. The van der Waals surface area contributed by atoms with Gasteiger partial charge in [-0.3, -0.25) is 0 Å². The van der Waals surface area contributed by atoms with Gasteiger partial charge in [-0.25, -0.2) is 0 Å². The van der Waals surface area contributed by atoms with E-state index < -0.39 is 0 Å². The molecule has 0 radical (unpaired) electrons. The zero-order valence-corrected chi connectivity index (χ0v) is 9.09. The summed E-state index contributed by atoms with van der Waals surface area (Å²) in [5.41, 5.74) is 8.98. The van der Waals surface area contributed by atoms with Crippen LogP contribution in [0.3, 0.4) is 0 Å². The zero-order valence-electron chi connectivity index (χ0n) is 9.09. The Bertz CT molecular complexity index is 315. The van der Waals surface area contributed by atoms with Crippen molar-refractivity contribution in [1.82, 2.24) is 0 Å². The standard InChI is InChI=1S/C13H19N/c1-3-4-12-9-13(12,14)11-7-5-10(2)6-8-11/h5-8,12H,3-4,9,14H2,1-2H3. The monoisotopic (exact) mass is 189 g/mol. The Labute approximate surface area is 86.3 Å². The van der Waals surface area contributed by atoms with Gasteiger partial charge in [-0.1, -0.05) is 43.2 Å². The van der Waals surface area contributed by atoms with E-state index in [0.717, 1.165) is 5.92 Å². The van der Waals surface area contributed by atoms with Crippen LogP contribution < -0.4 is 5.73 Å². The van der Waals surface area contributed by atoms with Crippen molar-refractivity contribution in [2.24, 2.45) is 11.7 Å². The summed E-state index contributed by atoms with van der Waals surface area (Å²) in [7, 11) is 0. The normalized spacial score (nSPS) is 30.4. The molecule has 76 valence electrons. The highest BCUT2D eigenvalue weighted by Crippen LogP contribution is 2.51. The van der Waals surface area contributed by atoms with Gasteiger partial charge in [0.1, 0.15) is 0 Å². The fourth-order valence-electron chi connectivity index (χ4n) is 2.27. The Morgan fingerprint density at radius 2 is 2.00 bits per heavy atom. The van der Waals surface area contributed by atoms with Crippen molar-refractivity contribution in [2.45, 2.75) is 38.6 Å². The van der Waals surface area contributed by atoms with Crippen molar-refractivity contribution in [1.29, 1.82) is 0 Å². The molecule has 2 rings (SSSR count). The molecule has 1 aromatic carbocycles. The van der Waals surface area contributed by atoms with Gasteiger partial charge in [-0.2, -0.15) is 0 Å². The van der Waals surface area contributed by atoms with Crippen molar-refractivity contribution < 1.29 is 0 Å². The van der Waals surface area contributed by atoms with E-state index in [2.05, 4.69) is 38.1 Å². The second kappa shape index (κ2) is 3.39. The maximum atomic E-state index is 6.35. The predicted octanol–water partition coefficient (Wildman–Crippen LogP) is 2.97. The first-order valence-electron chi connectivity index (χ1n) is 5.53. The molecule has 1 aliphatic carbocycles. The third-order valence-electron chi connectivity index (χ3n) is 3.38. The summed E-state index contributed by atoms with van der Waals surface area (Å²) >= 11 is 0. The third-order valence-corrected chi connectivity index (χ3v) is 3.38. The Kier molecular flexibility index (Phi) is 2.36. The van der Waals surface area contributed by atoms with E-state index in [9.17, 15) is 0 Å². The number of aryl methyl sites for hydroxylation is 1. The molecule has 1 aliphatic rings. The summed E-state index contributed by atoms with van der Waals surface area (Å²) in [5.74, 6) is 0.718. The summed E-state index contributed by atoms with van der Waals surface area (Å²) in [6.07, 6.45) is 3.68. The molecule has 1 nitrogen and oxygen atoms in total. The SMILES string of the molecule is CCCC1CC1(N)c1ccc(C)cc1. The van der Waals surface area contributed by atoms with Gasteiger partial charge in [0.05, 0.1) is 0 Å². The van der Waals surface area contributed by atoms with Crippen LogP contribution in [0.25, 0.3) is 0 Å². The molecule has 0 saturated heterocycles. The quantitative estimate of drug-likeness (QED) is 0.777. The third kappa shape index (κ3) is 1.57. The first-order valence-corrected chi connectivity index (χ1v) is 5.53. The fourth-order valence-corrected chi connectivity index (χ4v) is 2.27. The second-order valence-electron chi connectivity index (χ2n) is 4.60. The molecule has 1 fully saturated rings. The van der Waals surface area contributed by atoms with Gasteiger partial charge >= 0.3 is 0 Å². The topological polar surface area (TPSA) is 26.0 Å². The number of rotatable bonds is 3. The number of hydrogen-bond donors (Lipinski definition) is 1. The summed E-state index contributed by atoms with van der Waals surface area (Å²) in [5, 5.41) is 0. The molecule has 14 heavy (non-hydrogen) atoms. The highest BCUT2D eigenvalue weighted by atomic mass is 14.9. The molecule has 0 aromatic heterocycles. The average molecular weight is 189 g/mol. The van der Waals surface area contributed by atoms with Crippen molar-refractivity contribution in [3.8, 4) is 0 Å². The lowest BCUT2D eigenvalue weighted by Crippen LogP contribution is -2.22. The zero-order chi connectivity index (χ0) is 10.2. The van der Waals surface area contributed by atoms with Gasteiger partial charge in [0.2, 0.25) is 0 Å². The minimum atomic E-state index is 0.00368. The van der Waals surface area contributed by atoms with E-state index >= 15 is 0 Å². The molecule has 1 saturated carbocycles. The molecular weight excluding hydrogens is 170 g/mol. The molecule has 0 bridgehead atoms. The van der Waals surface area contributed by atoms with Crippen molar-refractivity contribution >= 4 is 0 Å². The summed E-state index contributed by atoms with van der Waals surface area (Å²) in [6, 6.07) is 8.69. The molecule has 1 heteroatoms. The van der Waals surface area contributed by atoms with Gasteiger partial charge in [0.25, 0.3) is 0 Å². The predicted molar refractivity (Wildman–Crippen MR) is 60.1 cm³/mol. The lowest BCUT2D eigenvalue weighted by molar-refractivity contribution is 0.583. The van der Waals surface area contributed by atoms with Crippen molar-refractivity contribution in [2.75, 3.05) is 0 Å². The molecule has 2 atom stereocenters.